The topological polar surface area (TPSA) is 37.6 Å². The number of hydrogen-bond donors (Lipinski definition) is 1. The Morgan fingerprint density at radius 2 is 2.39 bits per heavy atom. The van der Waals surface area contributed by atoms with Crippen LogP contribution in [0.1, 0.15) is 31.6 Å². The highest BCUT2D eigenvalue weighted by atomic mass is 16.5. The van der Waals surface area contributed by atoms with Crippen molar-refractivity contribution in [1.82, 2.24) is 10.2 Å². The van der Waals surface area contributed by atoms with Crippen LogP contribution in [0, 0.1) is 0 Å². The lowest BCUT2D eigenvalue weighted by atomic mass is 10.2. The van der Waals surface area contributed by atoms with E-state index in [0.29, 0.717) is 6.04 Å². The van der Waals surface area contributed by atoms with Gasteiger partial charge in [0.15, 0.2) is 0 Å². The Hall–Kier alpha value is -0.840. The monoisotopic (exact) mass is 252 g/mol. The van der Waals surface area contributed by atoms with Crippen LogP contribution in [-0.2, 0) is 17.8 Å². The molecular weight excluding hydrogens is 228 g/mol. The van der Waals surface area contributed by atoms with Gasteiger partial charge in [0, 0.05) is 24.7 Å². The number of hydrogen-bond acceptors (Lipinski definition) is 4. The largest absolute Gasteiger partial charge is 0.468 e. The highest BCUT2D eigenvalue weighted by Crippen LogP contribution is 2.16. The minimum atomic E-state index is 0.491. The summed E-state index contributed by atoms with van der Waals surface area (Å²) < 4.78 is 11.0. The quantitative estimate of drug-likeness (QED) is 0.786. The Labute approximate surface area is 109 Å². The Morgan fingerprint density at radius 1 is 1.50 bits per heavy atom. The molecule has 1 unspecified atom stereocenters. The molecular formula is C14H24N2O2. The molecule has 102 valence electrons. The summed E-state index contributed by atoms with van der Waals surface area (Å²) in [5.74, 6) is 1.07. The third-order valence-corrected chi connectivity index (χ3v) is 3.43. The van der Waals surface area contributed by atoms with Crippen LogP contribution in [0.15, 0.2) is 16.7 Å². The molecule has 0 saturated carbocycles. The summed E-state index contributed by atoms with van der Waals surface area (Å²) >= 11 is 0. The Bertz CT molecular complexity index is 351. The number of nitrogens with one attached hydrogen (secondary N) is 1. The average molecular weight is 252 g/mol. The van der Waals surface area contributed by atoms with Crippen LogP contribution in [0.3, 0.4) is 0 Å². The molecule has 4 heteroatoms. The van der Waals surface area contributed by atoms with Gasteiger partial charge >= 0.3 is 0 Å². The normalized spacial score (nSPS) is 21.3. The standard InChI is InChI=1S/C14H24N2O2/c1-3-5-15-9-14-13(4-7-18-14)10-16-6-8-17-11-12(16)2/h4,7,12,15H,3,5-6,8-11H2,1-2H3. The molecule has 0 spiro atoms. The molecule has 2 rings (SSSR count). The van der Waals surface area contributed by atoms with Crippen molar-refractivity contribution in [3.8, 4) is 0 Å². The van der Waals surface area contributed by atoms with Gasteiger partial charge in [-0.25, -0.2) is 0 Å². The number of nitrogens with zero attached hydrogens (tertiary/aromatic N) is 1. The molecule has 1 aliphatic heterocycles. The van der Waals surface area contributed by atoms with Gasteiger partial charge in [-0.1, -0.05) is 6.92 Å². The Balaban J connectivity index is 1.90. The van der Waals surface area contributed by atoms with Gasteiger partial charge in [0.2, 0.25) is 0 Å². The highest BCUT2D eigenvalue weighted by molar-refractivity contribution is 5.17. The van der Waals surface area contributed by atoms with Gasteiger partial charge in [-0.15, -0.1) is 0 Å². The van der Waals surface area contributed by atoms with E-state index in [2.05, 4.69) is 30.1 Å². The van der Waals surface area contributed by atoms with E-state index in [-0.39, 0.29) is 0 Å². The van der Waals surface area contributed by atoms with Crippen LogP contribution >= 0.6 is 0 Å². The maximum absolute atomic E-state index is 5.57. The average Bonchev–Trinajstić information content (AvgIpc) is 2.80. The van der Waals surface area contributed by atoms with Crippen molar-refractivity contribution in [3.63, 3.8) is 0 Å². The van der Waals surface area contributed by atoms with Gasteiger partial charge in [0.25, 0.3) is 0 Å². The maximum Gasteiger partial charge on any atom is 0.122 e. The first kappa shape index (κ1) is 13.6. The maximum atomic E-state index is 5.57. The summed E-state index contributed by atoms with van der Waals surface area (Å²) in [6, 6.07) is 2.58. The summed E-state index contributed by atoms with van der Waals surface area (Å²) in [5.41, 5.74) is 1.30. The van der Waals surface area contributed by atoms with Crippen LogP contribution < -0.4 is 5.32 Å². The van der Waals surface area contributed by atoms with Crippen LogP contribution in [0.4, 0.5) is 0 Å². The van der Waals surface area contributed by atoms with E-state index in [1.807, 2.05) is 0 Å². The molecule has 1 aromatic rings. The van der Waals surface area contributed by atoms with Gasteiger partial charge in [-0.05, 0) is 26.0 Å². The molecule has 1 N–H and O–H groups in total. The fourth-order valence-electron chi connectivity index (χ4n) is 2.26. The molecule has 1 atom stereocenters. The van der Waals surface area contributed by atoms with Crippen LogP contribution in [0.25, 0.3) is 0 Å². The highest BCUT2D eigenvalue weighted by Gasteiger charge is 2.20. The van der Waals surface area contributed by atoms with Gasteiger partial charge in [0.05, 0.1) is 26.0 Å². The zero-order chi connectivity index (χ0) is 12.8. The van der Waals surface area contributed by atoms with E-state index in [9.17, 15) is 0 Å². The fourth-order valence-corrected chi connectivity index (χ4v) is 2.26. The summed E-state index contributed by atoms with van der Waals surface area (Å²) in [5, 5.41) is 3.39. The van der Waals surface area contributed by atoms with E-state index in [0.717, 1.165) is 51.6 Å². The van der Waals surface area contributed by atoms with Crippen molar-refractivity contribution in [1.29, 1.82) is 0 Å². The summed E-state index contributed by atoms with van der Waals surface area (Å²) in [4.78, 5) is 2.46. The Kier molecular flexibility index (Phi) is 5.23. The molecule has 0 amide bonds. The van der Waals surface area contributed by atoms with Gasteiger partial charge < -0.3 is 14.5 Å². The SMILES string of the molecule is CCCNCc1occc1CN1CCOCC1C. The number of ether oxygens (including phenoxy) is 1. The van der Waals surface area contributed by atoms with E-state index in [1.165, 1.54) is 5.56 Å². The molecule has 1 fully saturated rings. The van der Waals surface area contributed by atoms with E-state index in [4.69, 9.17) is 9.15 Å². The fraction of sp³-hybridized carbons (Fsp3) is 0.714. The number of morpholine rings is 1. The molecule has 1 saturated heterocycles. The van der Waals surface area contributed by atoms with E-state index in [1.54, 1.807) is 6.26 Å². The Morgan fingerprint density at radius 3 is 3.17 bits per heavy atom. The molecule has 0 bridgehead atoms. The molecule has 4 nitrogen and oxygen atoms in total. The van der Waals surface area contributed by atoms with Crippen molar-refractivity contribution >= 4 is 0 Å². The minimum absolute atomic E-state index is 0.491. The molecule has 0 radical (unpaired) electrons. The minimum Gasteiger partial charge on any atom is -0.468 e. The third-order valence-electron chi connectivity index (χ3n) is 3.43. The second-order valence-electron chi connectivity index (χ2n) is 4.94. The van der Waals surface area contributed by atoms with E-state index < -0.39 is 0 Å². The third kappa shape index (κ3) is 3.57. The van der Waals surface area contributed by atoms with Crippen LogP contribution in [0.2, 0.25) is 0 Å². The van der Waals surface area contributed by atoms with Crippen molar-refractivity contribution in [2.45, 2.75) is 39.4 Å². The molecule has 0 aliphatic carbocycles. The zero-order valence-corrected chi connectivity index (χ0v) is 11.4. The lowest BCUT2D eigenvalue weighted by Crippen LogP contribution is -2.43. The van der Waals surface area contributed by atoms with Gasteiger partial charge in [-0.3, -0.25) is 4.90 Å². The predicted octanol–water partition coefficient (Wildman–Crippen LogP) is 2.00. The first-order valence-electron chi connectivity index (χ1n) is 6.89. The molecule has 1 aromatic heterocycles. The second-order valence-corrected chi connectivity index (χ2v) is 4.94. The molecule has 0 aromatic carbocycles. The van der Waals surface area contributed by atoms with Crippen LogP contribution in [0.5, 0.6) is 0 Å². The summed E-state index contributed by atoms with van der Waals surface area (Å²) in [6.45, 7) is 9.90. The first-order chi connectivity index (χ1) is 8.81. The molecule has 1 aliphatic rings. The lowest BCUT2D eigenvalue weighted by molar-refractivity contribution is -0.00459. The van der Waals surface area contributed by atoms with Crippen molar-refractivity contribution < 1.29 is 9.15 Å². The lowest BCUT2D eigenvalue weighted by Gasteiger charge is -2.33. The molecule has 18 heavy (non-hydrogen) atoms. The predicted molar refractivity (Wildman–Crippen MR) is 71.4 cm³/mol. The van der Waals surface area contributed by atoms with E-state index >= 15 is 0 Å². The van der Waals surface area contributed by atoms with Gasteiger partial charge in [0.1, 0.15) is 5.76 Å². The second kappa shape index (κ2) is 6.92. The smallest absolute Gasteiger partial charge is 0.122 e. The van der Waals surface area contributed by atoms with Crippen LogP contribution in [-0.4, -0.2) is 37.2 Å². The summed E-state index contributed by atoms with van der Waals surface area (Å²) in [6.07, 6.45) is 2.94. The van der Waals surface area contributed by atoms with Crippen molar-refractivity contribution in [2.75, 3.05) is 26.3 Å². The first-order valence-corrected chi connectivity index (χ1v) is 6.89. The van der Waals surface area contributed by atoms with Gasteiger partial charge in [-0.2, -0.15) is 0 Å². The van der Waals surface area contributed by atoms with Crippen molar-refractivity contribution in [2.24, 2.45) is 0 Å². The molecule has 2 heterocycles. The number of rotatable bonds is 6. The number of furan rings is 1. The van der Waals surface area contributed by atoms with Crippen molar-refractivity contribution in [3.05, 3.63) is 23.7 Å². The summed E-state index contributed by atoms with van der Waals surface area (Å²) in [7, 11) is 0. The zero-order valence-electron chi connectivity index (χ0n) is 11.4.